The number of nitrogens with two attached hydrogens (primary N) is 1. The number of pyridine rings is 1. The monoisotopic (exact) mass is 516 g/mol. The van der Waals surface area contributed by atoms with Gasteiger partial charge in [0.25, 0.3) is 5.91 Å². The Balaban J connectivity index is 1.36. The first kappa shape index (κ1) is 27.6. The molecule has 1 heterocycles. The number of aromatic nitrogens is 1. The minimum absolute atomic E-state index is 0.0710. The maximum absolute atomic E-state index is 13.4. The van der Waals surface area contributed by atoms with Gasteiger partial charge in [-0.3, -0.25) is 4.79 Å². The number of carbonyl (C=O) groups is 2. The van der Waals surface area contributed by atoms with Crippen LogP contribution in [0, 0.1) is 11.8 Å². The lowest BCUT2D eigenvalue weighted by Gasteiger charge is -2.29. The van der Waals surface area contributed by atoms with Crippen LogP contribution in [0.3, 0.4) is 0 Å². The van der Waals surface area contributed by atoms with Gasteiger partial charge in [0.1, 0.15) is 5.60 Å². The lowest BCUT2D eigenvalue weighted by Crippen LogP contribution is -2.37. The van der Waals surface area contributed by atoms with Crippen LogP contribution in [-0.4, -0.2) is 42.2 Å². The molecule has 0 atom stereocenters. The second kappa shape index (κ2) is 12.4. The molecule has 1 aliphatic carbocycles. The Labute approximate surface area is 225 Å². The molecule has 1 fully saturated rings. The first-order valence-electron chi connectivity index (χ1n) is 13.7. The summed E-state index contributed by atoms with van der Waals surface area (Å²) < 4.78 is 5.33. The summed E-state index contributed by atoms with van der Waals surface area (Å²) in [5.41, 5.74) is 9.58. The topological polar surface area (TPSA) is 106 Å². The largest absolute Gasteiger partial charge is 0.444 e. The van der Waals surface area contributed by atoms with E-state index in [1.54, 1.807) is 0 Å². The summed E-state index contributed by atoms with van der Waals surface area (Å²) in [4.78, 5) is 30.1. The van der Waals surface area contributed by atoms with Gasteiger partial charge in [-0.25, -0.2) is 9.78 Å². The number of carbonyl (C=O) groups excluding carboxylic acids is 2. The molecule has 202 valence electrons. The summed E-state index contributed by atoms with van der Waals surface area (Å²) in [6, 6.07) is 17.9. The fourth-order valence-corrected chi connectivity index (χ4v) is 5.03. The minimum atomic E-state index is -0.490. The van der Waals surface area contributed by atoms with Crippen molar-refractivity contribution in [2.75, 3.05) is 19.6 Å². The molecule has 0 spiro atoms. The van der Waals surface area contributed by atoms with Gasteiger partial charge in [0, 0.05) is 24.0 Å². The number of benzene rings is 2. The molecular weight excluding hydrogens is 476 g/mol. The molecular formula is C31H40N4O3. The SMILES string of the molecule is CC(C)(C)OC(=O)NC[C@H]1CC[C@H](CNC(=O)c2cc(-c3ccc(CCN)cc3)nc3ccccc23)CC1. The zero-order valence-corrected chi connectivity index (χ0v) is 22.8. The zero-order chi connectivity index (χ0) is 27.1. The fourth-order valence-electron chi connectivity index (χ4n) is 5.03. The van der Waals surface area contributed by atoms with E-state index in [0.717, 1.165) is 54.3 Å². The number of nitrogens with zero attached hydrogens (tertiary/aromatic N) is 1. The Morgan fingerprint density at radius 2 is 1.58 bits per heavy atom. The molecule has 7 nitrogen and oxygen atoms in total. The minimum Gasteiger partial charge on any atom is -0.444 e. The maximum Gasteiger partial charge on any atom is 0.407 e. The van der Waals surface area contributed by atoms with E-state index in [2.05, 4.69) is 22.8 Å². The van der Waals surface area contributed by atoms with Gasteiger partial charge in [-0.2, -0.15) is 0 Å². The Morgan fingerprint density at radius 1 is 0.947 bits per heavy atom. The van der Waals surface area contributed by atoms with Gasteiger partial charge in [-0.1, -0.05) is 42.5 Å². The lowest BCUT2D eigenvalue weighted by molar-refractivity contribution is 0.0512. The van der Waals surface area contributed by atoms with Crippen LogP contribution in [0.1, 0.15) is 62.4 Å². The highest BCUT2D eigenvalue weighted by molar-refractivity contribution is 6.07. The second-order valence-electron chi connectivity index (χ2n) is 11.3. The van der Waals surface area contributed by atoms with Crippen LogP contribution in [0.2, 0.25) is 0 Å². The first-order valence-corrected chi connectivity index (χ1v) is 13.7. The first-order chi connectivity index (χ1) is 18.2. The molecule has 0 radical (unpaired) electrons. The molecule has 0 aliphatic heterocycles. The van der Waals surface area contributed by atoms with Crippen molar-refractivity contribution >= 4 is 22.9 Å². The Kier molecular flexibility index (Phi) is 9.00. The van der Waals surface area contributed by atoms with Crippen molar-refractivity contribution in [3.63, 3.8) is 0 Å². The molecule has 1 saturated carbocycles. The number of amides is 2. The van der Waals surface area contributed by atoms with E-state index in [4.69, 9.17) is 15.5 Å². The van der Waals surface area contributed by atoms with Gasteiger partial charge in [-0.05, 0) is 89.0 Å². The number of nitrogens with one attached hydrogen (secondary N) is 2. The molecule has 7 heteroatoms. The summed E-state index contributed by atoms with van der Waals surface area (Å²) in [6.45, 7) is 7.48. The number of alkyl carbamates (subject to hydrolysis) is 1. The standard InChI is InChI=1S/C31H40N4O3/c1-31(2,3)38-30(37)34-20-23-10-8-22(9-11-23)19-33-29(36)26-18-28(35-27-7-5-4-6-25(26)27)24-14-12-21(13-15-24)16-17-32/h4-7,12-15,18,22-23H,8-11,16-17,19-20,32H2,1-3H3,(H,33,36)(H,34,37)/t22-,23-. The normalized spacial score (nSPS) is 17.7. The van der Waals surface area contributed by atoms with Crippen molar-refractivity contribution in [2.24, 2.45) is 17.6 Å². The van der Waals surface area contributed by atoms with Crippen molar-refractivity contribution in [2.45, 2.75) is 58.5 Å². The zero-order valence-electron chi connectivity index (χ0n) is 22.8. The number of para-hydroxylation sites is 1. The summed E-state index contributed by atoms with van der Waals surface area (Å²) in [6.07, 6.45) is 4.58. The molecule has 4 N–H and O–H groups in total. The molecule has 38 heavy (non-hydrogen) atoms. The van der Waals surface area contributed by atoms with Crippen LogP contribution in [-0.2, 0) is 11.2 Å². The van der Waals surface area contributed by atoms with Gasteiger partial charge < -0.3 is 21.1 Å². The van der Waals surface area contributed by atoms with E-state index < -0.39 is 5.60 Å². The van der Waals surface area contributed by atoms with Gasteiger partial charge in [0.2, 0.25) is 0 Å². The second-order valence-corrected chi connectivity index (χ2v) is 11.3. The highest BCUT2D eigenvalue weighted by atomic mass is 16.6. The smallest absolute Gasteiger partial charge is 0.407 e. The van der Waals surface area contributed by atoms with Gasteiger partial charge in [0.05, 0.1) is 16.8 Å². The van der Waals surface area contributed by atoms with Crippen molar-refractivity contribution < 1.29 is 14.3 Å². The molecule has 0 unspecified atom stereocenters. The number of ether oxygens (including phenoxy) is 1. The summed E-state index contributed by atoms with van der Waals surface area (Å²) in [7, 11) is 0. The van der Waals surface area contributed by atoms with Gasteiger partial charge in [0.15, 0.2) is 0 Å². The Bertz CT molecular complexity index is 1240. The quantitative estimate of drug-likeness (QED) is 0.368. The molecule has 2 aromatic carbocycles. The van der Waals surface area contributed by atoms with Crippen molar-refractivity contribution in [3.8, 4) is 11.3 Å². The molecule has 0 bridgehead atoms. The van der Waals surface area contributed by atoms with E-state index in [-0.39, 0.29) is 12.0 Å². The van der Waals surface area contributed by atoms with Crippen molar-refractivity contribution in [1.82, 2.24) is 15.6 Å². The third-order valence-electron chi connectivity index (χ3n) is 7.10. The molecule has 0 saturated heterocycles. The predicted molar refractivity (Wildman–Crippen MR) is 152 cm³/mol. The number of hydrogen-bond acceptors (Lipinski definition) is 5. The summed E-state index contributed by atoms with van der Waals surface area (Å²) in [5.74, 6) is 0.801. The van der Waals surface area contributed by atoms with Crippen LogP contribution in [0.15, 0.2) is 54.6 Å². The molecule has 1 aromatic heterocycles. The lowest BCUT2D eigenvalue weighted by atomic mass is 9.82. The van der Waals surface area contributed by atoms with Crippen LogP contribution >= 0.6 is 0 Å². The number of rotatable bonds is 8. The highest BCUT2D eigenvalue weighted by Crippen LogP contribution is 2.29. The Morgan fingerprint density at radius 3 is 2.21 bits per heavy atom. The van der Waals surface area contributed by atoms with E-state index in [1.807, 2.05) is 63.2 Å². The highest BCUT2D eigenvalue weighted by Gasteiger charge is 2.24. The molecule has 3 aromatic rings. The van der Waals surface area contributed by atoms with Crippen molar-refractivity contribution in [1.29, 1.82) is 0 Å². The summed E-state index contributed by atoms with van der Waals surface area (Å²) >= 11 is 0. The summed E-state index contributed by atoms with van der Waals surface area (Å²) in [5, 5.41) is 6.94. The van der Waals surface area contributed by atoms with Crippen molar-refractivity contribution in [3.05, 3.63) is 65.7 Å². The molecule has 4 rings (SSSR count). The van der Waals surface area contributed by atoms with E-state index in [1.165, 1.54) is 5.56 Å². The maximum atomic E-state index is 13.4. The average molecular weight is 517 g/mol. The van der Waals surface area contributed by atoms with Gasteiger partial charge in [-0.15, -0.1) is 0 Å². The fraction of sp³-hybridized carbons (Fsp3) is 0.452. The van der Waals surface area contributed by atoms with Gasteiger partial charge >= 0.3 is 6.09 Å². The van der Waals surface area contributed by atoms with E-state index in [0.29, 0.717) is 37.0 Å². The van der Waals surface area contributed by atoms with Crippen LogP contribution in [0.4, 0.5) is 4.79 Å². The number of fused-ring (bicyclic) bond motifs is 1. The molecule has 2 amide bonds. The van der Waals surface area contributed by atoms with Crippen LogP contribution < -0.4 is 16.4 Å². The number of hydrogen-bond donors (Lipinski definition) is 3. The Hall–Kier alpha value is -3.45. The predicted octanol–water partition coefficient (Wildman–Crippen LogP) is 5.46. The third-order valence-corrected chi connectivity index (χ3v) is 7.10. The average Bonchev–Trinajstić information content (AvgIpc) is 2.90. The van der Waals surface area contributed by atoms with E-state index in [9.17, 15) is 9.59 Å². The van der Waals surface area contributed by atoms with Crippen LogP contribution in [0.5, 0.6) is 0 Å². The molecule has 1 aliphatic rings. The van der Waals surface area contributed by atoms with Crippen LogP contribution in [0.25, 0.3) is 22.2 Å². The third kappa shape index (κ3) is 7.54. The van der Waals surface area contributed by atoms with E-state index >= 15 is 0 Å².